The molecule has 2 aromatic carbocycles. The Morgan fingerprint density at radius 2 is 1.77 bits per heavy atom. The Kier molecular flexibility index (Phi) is 6.14. The maximum absolute atomic E-state index is 12.8. The lowest BCUT2D eigenvalue weighted by Gasteiger charge is -2.28. The predicted molar refractivity (Wildman–Crippen MR) is 117 cm³/mol. The molecular formula is C24H28N4O2. The summed E-state index contributed by atoms with van der Waals surface area (Å²) in [7, 11) is 1.67. The first-order valence-electron chi connectivity index (χ1n) is 10.4. The summed E-state index contributed by atoms with van der Waals surface area (Å²) in [4.78, 5) is 15.2. The van der Waals surface area contributed by atoms with Crippen molar-refractivity contribution in [3.63, 3.8) is 0 Å². The lowest BCUT2D eigenvalue weighted by molar-refractivity contribution is 0.0938. The number of nitrogens with zero attached hydrogens (tertiary/aromatic N) is 3. The molecule has 4 rings (SSSR count). The molecule has 156 valence electrons. The fraction of sp³-hybridized carbons (Fsp3) is 0.333. The Morgan fingerprint density at radius 1 is 1.07 bits per heavy atom. The number of methoxy groups -OCH3 is 1. The van der Waals surface area contributed by atoms with E-state index in [1.165, 1.54) is 18.4 Å². The lowest BCUT2D eigenvalue weighted by Crippen LogP contribution is -2.36. The maximum Gasteiger partial charge on any atom is 0.251 e. The maximum atomic E-state index is 12.8. The standard InChI is InChI=1S/C24H28N4O2/c1-18-13-14-26-28(18)21-9-5-20(6-10-21)24(29)25-17-23(27-15-3-4-16-27)19-7-11-22(30-2)12-8-19/h5-14,23H,3-4,15-17H2,1-2H3,(H,25,29). The van der Waals surface area contributed by atoms with Gasteiger partial charge in [-0.3, -0.25) is 9.69 Å². The summed E-state index contributed by atoms with van der Waals surface area (Å²) in [5, 5.41) is 7.45. The molecule has 1 atom stereocenters. The van der Waals surface area contributed by atoms with Crippen molar-refractivity contribution in [3.8, 4) is 11.4 Å². The van der Waals surface area contributed by atoms with Gasteiger partial charge < -0.3 is 10.1 Å². The van der Waals surface area contributed by atoms with E-state index in [4.69, 9.17) is 4.74 Å². The van der Waals surface area contributed by atoms with Gasteiger partial charge in [0.1, 0.15) is 5.75 Å². The van der Waals surface area contributed by atoms with E-state index in [1.807, 2.05) is 54.1 Å². The van der Waals surface area contributed by atoms with Gasteiger partial charge in [-0.25, -0.2) is 4.68 Å². The molecule has 1 unspecified atom stereocenters. The highest BCUT2D eigenvalue weighted by Gasteiger charge is 2.24. The van der Waals surface area contributed by atoms with Crippen LogP contribution in [0.15, 0.2) is 60.8 Å². The number of amides is 1. The number of hydrogen-bond acceptors (Lipinski definition) is 4. The lowest BCUT2D eigenvalue weighted by atomic mass is 10.0. The highest BCUT2D eigenvalue weighted by atomic mass is 16.5. The third kappa shape index (κ3) is 4.39. The Morgan fingerprint density at radius 3 is 2.37 bits per heavy atom. The Hall–Kier alpha value is -3.12. The summed E-state index contributed by atoms with van der Waals surface area (Å²) in [5.41, 5.74) is 3.85. The summed E-state index contributed by atoms with van der Waals surface area (Å²) in [6.45, 7) is 4.70. The minimum absolute atomic E-state index is 0.0588. The molecule has 1 saturated heterocycles. The van der Waals surface area contributed by atoms with E-state index >= 15 is 0 Å². The number of carbonyl (C=O) groups is 1. The molecule has 1 aliphatic rings. The van der Waals surface area contributed by atoms with Crippen LogP contribution in [0.25, 0.3) is 5.69 Å². The summed E-state index contributed by atoms with van der Waals surface area (Å²) >= 11 is 0. The van der Waals surface area contributed by atoms with Crippen molar-refractivity contribution >= 4 is 5.91 Å². The first-order valence-corrected chi connectivity index (χ1v) is 10.4. The minimum Gasteiger partial charge on any atom is -0.497 e. The average Bonchev–Trinajstić information content (AvgIpc) is 3.46. The van der Waals surface area contributed by atoms with Crippen LogP contribution >= 0.6 is 0 Å². The molecule has 6 heteroatoms. The largest absolute Gasteiger partial charge is 0.497 e. The minimum atomic E-state index is -0.0588. The van der Waals surface area contributed by atoms with Crippen molar-refractivity contribution in [1.29, 1.82) is 0 Å². The van der Waals surface area contributed by atoms with Gasteiger partial charge >= 0.3 is 0 Å². The van der Waals surface area contributed by atoms with Gasteiger partial charge in [-0.1, -0.05) is 12.1 Å². The topological polar surface area (TPSA) is 59.4 Å². The van der Waals surface area contributed by atoms with Crippen molar-refractivity contribution in [2.45, 2.75) is 25.8 Å². The van der Waals surface area contributed by atoms with Crippen LogP contribution in [-0.4, -0.2) is 47.3 Å². The smallest absolute Gasteiger partial charge is 0.251 e. The first kappa shape index (κ1) is 20.2. The molecule has 1 amide bonds. The molecule has 30 heavy (non-hydrogen) atoms. The summed E-state index contributed by atoms with van der Waals surface area (Å²) in [6.07, 6.45) is 4.18. The number of likely N-dealkylation sites (tertiary alicyclic amines) is 1. The number of rotatable bonds is 7. The number of ether oxygens (including phenoxy) is 1. The number of nitrogens with one attached hydrogen (secondary N) is 1. The molecule has 1 aliphatic heterocycles. The van der Waals surface area contributed by atoms with Crippen LogP contribution in [0, 0.1) is 6.92 Å². The van der Waals surface area contributed by atoms with E-state index in [0.29, 0.717) is 12.1 Å². The van der Waals surface area contributed by atoms with E-state index in [2.05, 4.69) is 27.4 Å². The predicted octanol–water partition coefficient (Wildman–Crippen LogP) is 3.76. The molecule has 6 nitrogen and oxygen atoms in total. The highest BCUT2D eigenvalue weighted by molar-refractivity contribution is 5.94. The summed E-state index contributed by atoms with van der Waals surface area (Å²) in [6, 6.07) is 17.8. The Labute approximate surface area is 177 Å². The van der Waals surface area contributed by atoms with Gasteiger partial charge in [-0.2, -0.15) is 5.10 Å². The Bertz CT molecular complexity index is 973. The molecule has 1 N–H and O–H groups in total. The van der Waals surface area contributed by atoms with Gasteiger partial charge in [0.2, 0.25) is 0 Å². The average molecular weight is 405 g/mol. The number of carbonyl (C=O) groups excluding carboxylic acids is 1. The molecule has 1 aromatic heterocycles. The second-order valence-corrected chi connectivity index (χ2v) is 7.67. The van der Waals surface area contributed by atoms with Crippen LogP contribution in [0.2, 0.25) is 0 Å². The van der Waals surface area contributed by atoms with Crippen molar-refractivity contribution in [2.24, 2.45) is 0 Å². The second kappa shape index (κ2) is 9.13. The quantitative estimate of drug-likeness (QED) is 0.651. The fourth-order valence-corrected chi connectivity index (χ4v) is 4.02. The van der Waals surface area contributed by atoms with E-state index in [9.17, 15) is 4.79 Å². The number of benzene rings is 2. The zero-order chi connectivity index (χ0) is 20.9. The normalized spacial score (nSPS) is 15.1. The van der Waals surface area contributed by atoms with Gasteiger partial charge in [0.15, 0.2) is 0 Å². The van der Waals surface area contributed by atoms with Crippen molar-refractivity contribution in [2.75, 3.05) is 26.7 Å². The molecular weight excluding hydrogens is 376 g/mol. The molecule has 0 saturated carbocycles. The second-order valence-electron chi connectivity index (χ2n) is 7.67. The molecule has 0 radical (unpaired) electrons. The molecule has 0 spiro atoms. The van der Waals surface area contributed by atoms with Crippen LogP contribution in [0.4, 0.5) is 0 Å². The van der Waals surface area contributed by atoms with E-state index in [-0.39, 0.29) is 11.9 Å². The van der Waals surface area contributed by atoms with E-state index < -0.39 is 0 Å². The van der Waals surface area contributed by atoms with E-state index in [0.717, 1.165) is 30.2 Å². The van der Waals surface area contributed by atoms with Crippen LogP contribution < -0.4 is 10.1 Å². The monoisotopic (exact) mass is 404 g/mol. The van der Waals surface area contributed by atoms with Gasteiger partial charge in [0, 0.05) is 24.0 Å². The first-order chi connectivity index (χ1) is 14.7. The number of aryl methyl sites for hydroxylation is 1. The molecule has 0 aliphatic carbocycles. The van der Waals surface area contributed by atoms with Gasteiger partial charge in [0.25, 0.3) is 5.91 Å². The number of aromatic nitrogens is 2. The van der Waals surface area contributed by atoms with Crippen LogP contribution in [0.3, 0.4) is 0 Å². The summed E-state index contributed by atoms with van der Waals surface area (Å²) < 4.78 is 7.14. The van der Waals surface area contributed by atoms with Crippen molar-refractivity contribution < 1.29 is 9.53 Å². The zero-order valence-electron chi connectivity index (χ0n) is 17.5. The highest BCUT2D eigenvalue weighted by Crippen LogP contribution is 2.26. The van der Waals surface area contributed by atoms with Crippen LogP contribution in [0.1, 0.15) is 40.5 Å². The molecule has 2 heterocycles. The zero-order valence-corrected chi connectivity index (χ0v) is 17.5. The van der Waals surface area contributed by atoms with E-state index in [1.54, 1.807) is 13.3 Å². The molecule has 3 aromatic rings. The Balaban J connectivity index is 1.44. The third-order valence-corrected chi connectivity index (χ3v) is 5.74. The molecule has 0 bridgehead atoms. The van der Waals surface area contributed by atoms with Gasteiger partial charge in [0.05, 0.1) is 18.8 Å². The number of hydrogen-bond donors (Lipinski definition) is 1. The van der Waals surface area contributed by atoms with Crippen LogP contribution in [0.5, 0.6) is 5.75 Å². The van der Waals surface area contributed by atoms with Gasteiger partial charge in [-0.15, -0.1) is 0 Å². The van der Waals surface area contributed by atoms with Crippen molar-refractivity contribution in [1.82, 2.24) is 20.0 Å². The van der Waals surface area contributed by atoms with Gasteiger partial charge in [-0.05, 0) is 80.9 Å². The SMILES string of the molecule is COc1ccc(C(CNC(=O)c2ccc(-n3nccc3C)cc2)N2CCCC2)cc1. The fourth-order valence-electron chi connectivity index (χ4n) is 4.02. The summed E-state index contributed by atoms with van der Waals surface area (Å²) in [5.74, 6) is 0.784. The van der Waals surface area contributed by atoms with Crippen LogP contribution in [-0.2, 0) is 0 Å². The van der Waals surface area contributed by atoms with Crippen molar-refractivity contribution in [3.05, 3.63) is 77.6 Å². The molecule has 1 fully saturated rings. The third-order valence-electron chi connectivity index (χ3n) is 5.74.